The van der Waals surface area contributed by atoms with Gasteiger partial charge in [-0.3, -0.25) is 9.59 Å². The Morgan fingerprint density at radius 2 is 1.64 bits per heavy atom. The molecule has 0 saturated carbocycles. The molecule has 1 aliphatic rings. The first-order valence-electron chi connectivity index (χ1n) is 14.3. The average Bonchev–Trinajstić information content (AvgIpc) is 3.05. The highest BCUT2D eigenvalue weighted by molar-refractivity contribution is 6.33. The first kappa shape index (κ1) is 33.4. The van der Waals surface area contributed by atoms with E-state index in [2.05, 4.69) is 21.6 Å². The number of carbonyl (C=O) groups excluding carboxylic acids is 3. The molecule has 0 radical (unpaired) electrons. The summed E-state index contributed by atoms with van der Waals surface area (Å²) >= 11 is 6.36. The topological polar surface area (TPSA) is 121 Å². The van der Waals surface area contributed by atoms with Gasteiger partial charge in [0, 0.05) is 53.4 Å². The van der Waals surface area contributed by atoms with Gasteiger partial charge in [0.15, 0.2) is 0 Å². The number of nitrogens with zero attached hydrogens (tertiary/aromatic N) is 2. The summed E-state index contributed by atoms with van der Waals surface area (Å²) in [7, 11) is 2.54. The van der Waals surface area contributed by atoms with Crippen molar-refractivity contribution in [1.82, 2.24) is 15.5 Å². The Bertz CT molecular complexity index is 1600. The van der Waals surface area contributed by atoms with E-state index in [4.69, 9.17) is 21.1 Å². The van der Waals surface area contributed by atoms with Crippen molar-refractivity contribution in [2.24, 2.45) is 0 Å². The van der Waals surface area contributed by atoms with Gasteiger partial charge in [-0.25, -0.2) is 13.6 Å². The number of nitrogens with one attached hydrogen (secondary N) is 2. The van der Waals surface area contributed by atoms with E-state index in [-0.39, 0.29) is 11.3 Å². The molecule has 1 atom stereocenters. The van der Waals surface area contributed by atoms with Crippen LogP contribution in [0.1, 0.15) is 46.0 Å². The van der Waals surface area contributed by atoms with Crippen molar-refractivity contribution in [3.63, 3.8) is 0 Å². The standard InChI is InChI=1S/C33H33ClF2N4O5/c1-4-40-13-11-33(19-37,12-14-40)39-31(42)29(18-25-27(35)16-23(44-2)17-28(25)36)38-30(41)21-7-5-20(6-8-21)24-15-22(32(43)45-3)9-10-26(24)34/h5-10,15-17,29H,4,11-14,18H2,1-3H3,(H,38,41)(H,39,42)/t29-/m0/s1. The molecule has 1 heterocycles. The monoisotopic (exact) mass is 638 g/mol. The van der Waals surface area contributed by atoms with Gasteiger partial charge in [0.1, 0.15) is 29.0 Å². The second-order valence-corrected chi connectivity index (χ2v) is 11.1. The van der Waals surface area contributed by atoms with E-state index in [0.29, 0.717) is 47.6 Å². The van der Waals surface area contributed by atoms with Gasteiger partial charge in [-0.2, -0.15) is 5.26 Å². The highest BCUT2D eigenvalue weighted by Gasteiger charge is 2.38. The molecule has 1 aliphatic heterocycles. The lowest BCUT2D eigenvalue weighted by Gasteiger charge is -2.38. The van der Waals surface area contributed by atoms with Gasteiger partial charge >= 0.3 is 5.97 Å². The SMILES string of the molecule is CCN1CCC(C#N)(NC(=O)[C@H](Cc2c(F)cc(OC)cc2F)NC(=O)c2ccc(-c3cc(C(=O)OC)ccc3Cl)cc2)CC1. The predicted molar refractivity (Wildman–Crippen MR) is 164 cm³/mol. The van der Waals surface area contributed by atoms with Crippen LogP contribution in [-0.4, -0.2) is 68.1 Å². The lowest BCUT2D eigenvalue weighted by Crippen LogP contribution is -2.59. The van der Waals surface area contributed by atoms with Gasteiger partial charge < -0.3 is 25.0 Å². The van der Waals surface area contributed by atoms with Gasteiger partial charge in [-0.15, -0.1) is 0 Å². The van der Waals surface area contributed by atoms with Crippen LogP contribution in [0.15, 0.2) is 54.6 Å². The quantitative estimate of drug-likeness (QED) is 0.303. The molecule has 2 amide bonds. The van der Waals surface area contributed by atoms with Crippen LogP contribution >= 0.6 is 11.6 Å². The minimum absolute atomic E-state index is 0.0396. The number of benzene rings is 3. The maximum absolute atomic E-state index is 14.9. The normalized spacial score (nSPS) is 15.0. The van der Waals surface area contributed by atoms with Crippen LogP contribution in [0.5, 0.6) is 5.75 Å². The van der Waals surface area contributed by atoms with E-state index >= 15 is 0 Å². The predicted octanol–water partition coefficient (Wildman–Crippen LogP) is 4.92. The molecule has 3 aromatic carbocycles. The molecule has 0 bridgehead atoms. The zero-order chi connectivity index (χ0) is 32.7. The lowest BCUT2D eigenvalue weighted by molar-refractivity contribution is -0.124. The minimum Gasteiger partial charge on any atom is -0.497 e. The summed E-state index contributed by atoms with van der Waals surface area (Å²) in [6.07, 6.45) is 0.197. The lowest BCUT2D eigenvalue weighted by atomic mass is 9.88. The smallest absolute Gasteiger partial charge is 0.337 e. The number of ether oxygens (including phenoxy) is 2. The summed E-state index contributed by atoms with van der Waals surface area (Å²) in [5, 5.41) is 15.7. The summed E-state index contributed by atoms with van der Waals surface area (Å²) in [5.41, 5.74) is -0.0283. The summed E-state index contributed by atoms with van der Waals surface area (Å²) < 4.78 is 39.6. The Morgan fingerprint density at radius 1 is 1.02 bits per heavy atom. The molecule has 3 aromatic rings. The van der Waals surface area contributed by atoms with Gasteiger partial charge in [0.25, 0.3) is 5.91 Å². The van der Waals surface area contributed by atoms with Crippen LogP contribution in [0, 0.1) is 23.0 Å². The number of hydrogen-bond acceptors (Lipinski definition) is 7. The highest BCUT2D eigenvalue weighted by atomic mass is 35.5. The molecule has 0 aromatic heterocycles. The summed E-state index contributed by atoms with van der Waals surface area (Å²) in [6.45, 7) is 3.97. The van der Waals surface area contributed by atoms with Crippen LogP contribution in [0.3, 0.4) is 0 Å². The molecule has 236 valence electrons. The van der Waals surface area contributed by atoms with E-state index in [9.17, 15) is 28.4 Å². The van der Waals surface area contributed by atoms with Gasteiger partial charge in [-0.05, 0) is 55.3 Å². The number of methoxy groups -OCH3 is 2. The molecule has 9 nitrogen and oxygen atoms in total. The highest BCUT2D eigenvalue weighted by Crippen LogP contribution is 2.30. The number of hydrogen-bond donors (Lipinski definition) is 2. The number of amides is 2. The first-order valence-corrected chi connectivity index (χ1v) is 14.7. The maximum atomic E-state index is 14.9. The summed E-state index contributed by atoms with van der Waals surface area (Å²) in [4.78, 5) is 41.1. The molecule has 12 heteroatoms. The fourth-order valence-corrected chi connectivity index (χ4v) is 5.41. The number of esters is 1. The van der Waals surface area contributed by atoms with E-state index < -0.39 is 53.0 Å². The third-order valence-electron chi connectivity index (χ3n) is 7.96. The van der Waals surface area contributed by atoms with Crippen LogP contribution in [-0.2, 0) is 16.0 Å². The Balaban J connectivity index is 1.60. The number of rotatable bonds is 10. The van der Waals surface area contributed by atoms with Crippen molar-refractivity contribution < 1.29 is 32.6 Å². The average molecular weight is 639 g/mol. The largest absolute Gasteiger partial charge is 0.497 e. The Kier molecular flexibility index (Phi) is 10.8. The van der Waals surface area contributed by atoms with Gasteiger partial charge in [0.05, 0.1) is 25.9 Å². The van der Waals surface area contributed by atoms with Crippen LogP contribution in [0.2, 0.25) is 5.02 Å². The van der Waals surface area contributed by atoms with Crippen LogP contribution in [0.4, 0.5) is 8.78 Å². The zero-order valence-electron chi connectivity index (χ0n) is 25.1. The summed E-state index contributed by atoms with van der Waals surface area (Å²) in [6, 6.07) is 13.6. The minimum atomic E-state index is -1.42. The fraction of sp³-hybridized carbons (Fsp3) is 0.333. The van der Waals surface area contributed by atoms with Crippen molar-refractivity contribution in [3.05, 3.63) is 87.9 Å². The number of nitriles is 1. The molecular formula is C33H33ClF2N4O5. The maximum Gasteiger partial charge on any atom is 0.337 e. The second kappa shape index (κ2) is 14.5. The molecule has 45 heavy (non-hydrogen) atoms. The third-order valence-corrected chi connectivity index (χ3v) is 8.29. The van der Waals surface area contributed by atoms with Crippen molar-refractivity contribution >= 4 is 29.4 Å². The molecule has 2 N–H and O–H groups in total. The van der Waals surface area contributed by atoms with Crippen LogP contribution in [0.25, 0.3) is 11.1 Å². The molecule has 1 fully saturated rings. The number of piperidine rings is 1. The van der Waals surface area contributed by atoms with E-state index in [1.807, 2.05) is 6.92 Å². The van der Waals surface area contributed by atoms with Crippen molar-refractivity contribution in [2.75, 3.05) is 33.9 Å². The molecule has 4 rings (SSSR count). The third kappa shape index (κ3) is 7.77. The van der Waals surface area contributed by atoms with Crippen molar-refractivity contribution in [3.8, 4) is 22.9 Å². The molecular weight excluding hydrogens is 606 g/mol. The first-order chi connectivity index (χ1) is 21.5. The van der Waals surface area contributed by atoms with Crippen molar-refractivity contribution in [1.29, 1.82) is 5.26 Å². The van der Waals surface area contributed by atoms with Gasteiger partial charge in [-0.1, -0.05) is 30.7 Å². The number of carbonyl (C=O) groups is 3. The Labute approximate surface area is 265 Å². The molecule has 0 spiro atoms. The Hall–Kier alpha value is -4.53. The summed E-state index contributed by atoms with van der Waals surface area (Å²) in [5.74, 6) is -3.89. The fourth-order valence-electron chi connectivity index (χ4n) is 5.18. The zero-order valence-corrected chi connectivity index (χ0v) is 25.8. The van der Waals surface area contributed by atoms with Gasteiger partial charge in [0.2, 0.25) is 5.91 Å². The second-order valence-electron chi connectivity index (χ2n) is 10.7. The van der Waals surface area contributed by atoms with E-state index in [0.717, 1.165) is 18.7 Å². The van der Waals surface area contributed by atoms with Crippen molar-refractivity contribution in [2.45, 2.75) is 37.8 Å². The number of halogens is 3. The molecule has 1 saturated heterocycles. The van der Waals surface area contributed by atoms with E-state index in [1.165, 1.54) is 32.4 Å². The van der Waals surface area contributed by atoms with E-state index in [1.54, 1.807) is 24.3 Å². The molecule has 0 aliphatic carbocycles. The Morgan fingerprint density at radius 3 is 2.20 bits per heavy atom. The molecule has 0 unspecified atom stereocenters. The number of likely N-dealkylation sites (tertiary alicyclic amines) is 1. The van der Waals surface area contributed by atoms with Crippen LogP contribution < -0.4 is 15.4 Å².